The van der Waals surface area contributed by atoms with Gasteiger partial charge in [-0.3, -0.25) is 4.79 Å². The number of carbonyl (C=O) groups is 1. The van der Waals surface area contributed by atoms with E-state index in [1.807, 2.05) is 121 Å². The summed E-state index contributed by atoms with van der Waals surface area (Å²) in [6.45, 7) is 2.71. The highest BCUT2D eigenvalue weighted by atomic mass is 32.2. The first-order valence-electron chi connectivity index (χ1n) is 14.1. The molecule has 7 heteroatoms. The number of hydrogen-bond donors (Lipinski definition) is 0. The predicted octanol–water partition coefficient (Wildman–Crippen LogP) is 6.82. The molecule has 1 fully saturated rings. The van der Waals surface area contributed by atoms with Crippen molar-refractivity contribution in [3.05, 3.63) is 138 Å². The van der Waals surface area contributed by atoms with Crippen LogP contribution in [0, 0.1) is 0 Å². The lowest BCUT2D eigenvalue weighted by Crippen LogP contribution is -2.60. The molecule has 0 amide bonds. The average Bonchev–Trinajstić information content (AvgIpc) is 3.02. The molecule has 0 unspecified atom stereocenters. The summed E-state index contributed by atoms with van der Waals surface area (Å²) in [4.78, 5) is 13.4. The molecule has 0 spiro atoms. The fourth-order valence-corrected chi connectivity index (χ4v) is 5.99. The number of thioether (sulfide) groups is 1. The van der Waals surface area contributed by atoms with Gasteiger partial charge in [0, 0.05) is 11.8 Å². The predicted molar refractivity (Wildman–Crippen MR) is 163 cm³/mol. The molecule has 1 aliphatic rings. The lowest BCUT2D eigenvalue weighted by Gasteiger charge is -2.45. The van der Waals surface area contributed by atoms with Crippen LogP contribution in [-0.4, -0.2) is 42.4 Å². The third-order valence-electron chi connectivity index (χ3n) is 6.85. The van der Waals surface area contributed by atoms with E-state index in [0.29, 0.717) is 19.8 Å². The SMILES string of the molecule is CC(=O)O[C@H]1[C@H](OCc2ccccc2)[C@@H](OCc2ccccc2)[C@H](Sc2ccccc2)O[C@@H]1COCc1ccccc1. The Morgan fingerprint density at radius 2 is 1.12 bits per heavy atom. The van der Waals surface area contributed by atoms with E-state index in [9.17, 15) is 4.79 Å². The Balaban J connectivity index is 1.43. The zero-order valence-electron chi connectivity index (χ0n) is 23.6. The third kappa shape index (κ3) is 8.77. The van der Waals surface area contributed by atoms with Crippen LogP contribution in [0.15, 0.2) is 126 Å². The highest BCUT2D eigenvalue weighted by molar-refractivity contribution is 7.99. The van der Waals surface area contributed by atoms with E-state index in [0.717, 1.165) is 21.6 Å². The van der Waals surface area contributed by atoms with Crippen LogP contribution in [0.25, 0.3) is 0 Å². The Labute approximate surface area is 251 Å². The van der Waals surface area contributed by atoms with Crippen LogP contribution in [0.2, 0.25) is 0 Å². The van der Waals surface area contributed by atoms with Gasteiger partial charge in [-0.1, -0.05) is 121 Å². The van der Waals surface area contributed by atoms with Gasteiger partial charge in [0.05, 0.1) is 26.4 Å². The molecule has 0 saturated carbocycles. The van der Waals surface area contributed by atoms with Crippen molar-refractivity contribution in [1.82, 2.24) is 0 Å². The number of carbonyl (C=O) groups excluding carboxylic acids is 1. The molecule has 0 aliphatic carbocycles. The van der Waals surface area contributed by atoms with E-state index in [1.54, 1.807) is 11.8 Å². The summed E-state index contributed by atoms with van der Waals surface area (Å²) in [5.41, 5.74) is 2.64. The molecular weight excluding hydrogens is 548 g/mol. The molecule has 218 valence electrons. The Morgan fingerprint density at radius 3 is 1.64 bits per heavy atom. The Kier molecular flexibility index (Phi) is 11.2. The minimum absolute atomic E-state index is 0.218. The number of rotatable bonds is 13. The minimum Gasteiger partial charge on any atom is -0.457 e. The van der Waals surface area contributed by atoms with Gasteiger partial charge in [-0.25, -0.2) is 0 Å². The van der Waals surface area contributed by atoms with E-state index in [2.05, 4.69) is 0 Å². The molecular formula is C35H36O6S. The lowest BCUT2D eigenvalue weighted by molar-refractivity contribution is -0.248. The maximum atomic E-state index is 12.4. The van der Waals surface area contributed by atoms with Gasteiger partial charge < -0.3 is 23.7 Å². The molecule has 1 saturated heterocycles. The highest BCUT2D eigenvalue weighted by Crippen LogP contribution is 2.38. The van der Waals surface area contributed by atoms with Crippen molar-refractivity contribution in [2.75, 3.05) is 6.61 Å². The van der Waals surface area contributed by atoms with Gasteiger partial charge in [-0.2, -0.15) is 0 Å². The van der Waals surface area contributed by atoms with E-state index < -0.39 is 35.8 Å². The topological polar surface area (TPSA) is 63.2 Å². The van der Waals surface area contributed by atoms with Crippen molar-refractivity contribution in [3.8, 4) is 0 Å². The van der Waals surface area contributed by atoms with Gasteiger partial charge in [-0.15, -0.1) is 0 Å². The second kappa shape index (κ2) is 15.7. The van der Waals surface area contributed by atoms with E-state index in [4.69, 9.17) is 23.7 Å². The maximum absolute atomic E-state index is 12.4. The number of ether oxygens (including phenoxy) is 5. The zero-order valence-corrected chi connectivity index (χ0v) is 24.4. The second-order valence-electron chi connectivity index (χ2n) is 10.1. The van der Waals surface area contributed by atoms with E-state index >= 15 is 0 Å². The molecule has 5 rings (SSSR count). The first kappa shape index (κ1) is 30.0. The first-order chi connectivity index (χ1) is 20.7. The monoisotopic (exact) mass is 584 g/mol. The Bertz CT molecular complexity index is 1340. The van der Waals surface area contributed by atoms with Crippen LogP contribution in [0.4, 0.5) is 0 Å². The largest absolute Gasteiger partial charge is 0.457 e. The van der Waals surface area contributed by atoms with Crippen LogP contribution in [0.3, 0.4) is 0 Å². The Hall–Kier alpha value is -3.46. The molecule has 0 N–H and O–H groups in total. The summed E-state index contributed by atoms with van der Waals surface area (Å²) in [5, 5.41) is 0. The summed E-state index contributed by atoms with van der Waals surface area (Å²) < 4.78 is 31.9. The molecule has 4 aromatic carbocycles. The summed E-state index contributed by atoms with van der Waals surface area (Å²) in [7, 11) is 0. The van der Waals surface area contributed by atoms with Crippen LogP contribution in [-0.2, 0) is 48.3 Å². The van der Waals surface area contributed by atoms with Gasteiger partial charge in [0.1, 0.15) is 23.7 Å². The molecule has 5 atom stereocenters. The fourth-order valence-electron chi connectivity index (χ4n) is 4.84. The standard InChI is InChI=1S/C35H36O6S/c1-26(36)40-32-31(25-37-22-27-14-6-2-7-15-27)41-35(42-30-20-12-5-13-21-30)34(39-24-29-18-10-4-11-19-29)33(32)38-23-28-16-8-3-9-17-28/h2-21,31-35H,22-25H2,1H3/t31-,32-,33+,34-,35+/m1/s1. The van der Waals surface area contributed by atoms with E-state index in [-0.39, 0.29) is 6.61 Å². The molecule has 42 heavy (non-hydrogen) atoms. The van der Waals surface area contributed by atoms with Crippen LogP contribution in [0.1, 0.15) is 23.6 Å². The van der Waals surface area contributed by atoms with Gasteiger partial charge in [0.15, 0.2) is 6.10 Å². The Morgan fingerprint density at radius 1 is 0.643 bits per heavy atom. The molecule has 0 bridgehead atoms. The first-order valence-corrected chi connectivity index (χ1v) is 15.0. The number of benzene rings is 4. The number of hydrogen-bond acceptors (Lipinski definition) is 7. The molecule has 6 nitrogen and oxygen atoms in total. The molecule has 1 heterocycles. The highest BCUT2D eigenvalue weighted by Gasteiger charge is 2.50. The molecule has 4 aromatic rings. The van der Waals surface area contributed by atoms with Crippen LogP contribution in [0.5, 0.6) is 0 Å². The maximum Gasteiger partial charge on any atom is 0.303 e. The zero-order chi connectivity index (χ0) is 29.0. The lowest BCUT2D eigenvalue weighted by atomic mass is 9.99. The molecule has 1 aliphatic heterocycles. The summed E-state index contributed by atoms with van der Waals surface area (Å²) in [6.07, 6.45) is -2.47. The van der Waals surface area contributed by atoms with Gasteiger partial charge >= 0.3 is 5.97 Å². The van der Waals surface area contributed by atoms with Crippen LogP contribution < -0.4 is 0 Å². The summed E-state index contributed by atoms with van der Waals surface area (Å²) in [5.74, 6) is -0.416. The normalized spacial score (nSPS) is 22.0. The van der Waals surface area contributed by atoms with E-state index in [1.165, 1.54) is 6.92 Å². The van der Waals surface area contributed by atoms with Crippen molar-refractivity contribution in [1.29, 1.82) is 0 Å². The molecule has 0 radical (unpaired) electrons. The van der Waals surface area contributed by atoms with Crippen molar-refractivity contribution in [3.63, 3.8) is 0 Å². The number of esters is 1. The van der Waals surface area contributed by atoms with Crippen molar-refractivity contribution < 1.29 is 28.5 Å². The van der Waals surface area contributed by atoms with Gasteiger partial charge in [0.25, 0.3) is 0 Å². The average molecular weight is 585 g/mol. The third-order valence-corrected chi connectivity index (χ3v) is 8.01. The minimum atomic E-state index is -0.740. The molecule has 0 aromatic heterocycles. The summed E-state index contributed by atoms with van der Waals surface area (Å²) >= 11 is 1.56. The van der Waals surface area contributed by atoms with Crippen molar-refractivity contribution >= 4 is 17.7 Å². The second-order valence-corrected chi connectivity index (χ2v) is 11.2. The van der Waals surface area contributed by atoms with Gasteiger partial charge in [-0.05, 0) is 28.8 Å². The fraction of sp³-hybridized carbons (Fsp3) is 0.286. The summed E-state index contributed by atoms with van der Waals surface area (Å²) in [6, 6.07) is 39.9. The quantitative estimate of drug-likeness (QED) is 0.160. The van der Waals surface area contributed by atoms with Gasteiger partial charge in [0.2, 0.25) is 0 Å². The van der Waals surface area contributed by atoms with Crippen molar-refractivity contribution in [2.45, 2.75) is 61.5 Å². The van der Waals surface area contributed by atoms with Crippen molar-refractivity contribution in [2.24, 2.45) is 0 Å². The smallest absolute Gasteiger partial charge is 0.303 e. The van der Waals surface area contributed by atoms with Crippen LogP contribution >= 0.6 is 11.8 Å².